The molecule has 3 unspecified atom stereocenters. The zero-order valence-corrected chi connectivity index (χ0v) is 19.4. The molecule has 0 bridgehead atoms. The van der Waals surface area contributed by atoms with Gasteiger partial charge in [0, 0.05) is 18.8 Å². The van der Waals surface area contributed by atoms with Crippen LogP contribution < -0.4 is 10.2 Å². The Labute approximate surface area is 198 Å². The van der Waals surface area contributed by atoms with E-state index in [1.54, 1.807) is 12.1 Å². The van der Waals surface area contributed by atoms with E-state index >= 15 is 0 Å². The fourth-order valence-corrected chi connectivity index (χ4v) is 5.93. The van der Waals surface area contributed by atoms with E-state index in [0.717, 1.165) is 10.5 Å². The first kappa shape index (κ1) is 23.9. The number of carbonyl (C=O) groups is 2. The summed E-state index contributed by atoms with van der Waals surface area (Å²) in [6.45, 7) is 4.02. The summed E-state index contributed by atoms with van der Waals surface area (Å²) in [5.41, 5.74) is 1.06. The lowest BCUT2D eigenvalue weighted by atomic mass is 9.94. The van der Waals surface area contributed by atoms with Gasteiger partial charge in [-0.3, -0.25) is 9.69 Å². The van der Waals surface area contributed by atoms with Gasteiger partial charge in [0.05, 0.1) is 17.5 Å². The molecule has 2 aliphatic heterocycles. The van der Waals surface area contributed by atoms with Gasteiger partial charge in [0.15, 0.2) is 0 Å². The predicted molar refractivity (Wildman–Crippen MR) is 126 cm³/mol. The second-order valence-electron chi connectivity index (χ2n) is 8.38. The van der Waals surface area contributed by atoms with Crippen LogP contribution in [0.25, 0.3) is 0 Å². The maximum Gasteiger partial charge on any atom is 0.412 e. The van der Waals surface area contributed by atoms with Crippen LogP contribution in [0.15, 0.2) is 72.1 Å². The van der Waals surface area contributed by atoms with E-state index in [4.69, 9.17) is 4.74 Å². The number of rotatable bonds is 7. The van der Waals surface area contributed by atoms with E-state index in [9.17, 15) is 23.1 Å². The fourth-order valence-electron chi connectivity index (χ4n) is 4.43. The third kappa shape index (κ3) is 5.14. The van der Waals surface area contributed by atoms with Gasteiger partial charge in [-0.2, -0.15) is 4.31 Å². The molecule has 180 valence electrons. The van der Waals surface area contributed by atoms with Crippen molar-refractivity contribution in [2.24, 2.45) is 5.92 Å². The Kier molecular flexibility index (Phi) is 7.01. The van der Waals surface area contributed by atoms with Crippen molar-refractivity contribution < 1.29 is 27.9 Å². The highest BCUT2D eigenvalue weighted by molar-refractivity contribution is 7.89. The van der Waals surface area contributed by atoms with Crippen molar-refractivity contribution in [1.82, 2.24) is 9.62 Å². The molecule has 2 N–H and O–H groups in total. The Hall–Kier alpha value is -3.21. The Morgan fingerprint density at radius 3 is 2.68 bits per heavy atom. The largest absolute Gasteiger partial charge is 0.465 e. The van der Waals surface area contributed by atoms with Crippen molar-refractivity contribution in [3.8, 4) is 0 Å². The number of benzene rings is 2. The molecule has 0 aromatic heterocycles. The molecule has 4 rings (SSSR count). The van der Waals surface area contributed by atoms with Gasteiger partial charge in [-0.15, -0.1) is 0 Å². The Morgan fingerprint density at radius 1 is 1.21 bits per heavy atom. The Bertz CT molecular complexity index is 1170. The molecular weight excluding hydrogens is 458 g/mol. The minimum Gasteiger partial charge on any atom is -0.465 e. The minimum absolute atomic E-state index is 0.0252. The topological polar surface area (TPSA) is 116 Å². The molecular formula is C24H27N3O6S. The summed E-state index contributed by atoms with van der Waals surface area (Å²) in [7, 11) is -3.87. The maximum absolute atomic E-state index is 13.4. The number of carboxylic acid groups (broad SMARTS) is 1. The molecule has 3 atom stereocenters. The zero-order valence-electron chi connectivity index (χ0n) is 18.5. The van der Waals surface area contributed by atoms with Crippen molar-refractivity contribution in [3.63, 3.8) is 0 Å². The van der Waals surface area contributed by atoms with Crippen LogP contribution in [0, 0.1) is 5.92 Å². The minimum atomic E-state index is -3.87. The first-order chi connectivity index (χ1) is 16.3. The molecule has 0 saturated carbocycles. The quantitative estimate of drug-likeness (QED) is 0.583. The Balaban J connectivity index is 1.51. The lowest BCUT2D eigenvalue weighted by molar-refractivity contribution is -0.120. The van der Waals surface area contributed by atoms with Crippen LogP contribution >= 0.6 is 0 Å². The number of sulfonamides is 1. The van der Waals surface area contributed by atoms with Gasteiger partial charge < -0.3 is 15.2 Å². The normalized spacial score (nSPS) is 22.5. The second kappa shape index (κ2) is 9.96. The van der Waals surface area contributed by atoms with Gasteiger partial charge in [-0.05, 0) is 48.6 Å². The van der Waals surface area contributed by atoms with Gasteiger partial charge in [0.25, 0.3) is 0 Å². The molecule has 9 nitrogen and oxygen atoms in total. The van der Waals surface area contributed by atoms with Gasteiger partial charge in [0.1, 0.15) is 6.23 Å². The lowest BCUT2D eigenvalue weighted by Gasteiger charge is -2.33. The van der Waals surface area contributed by atoms with Gasteiger partial charge in [-0.25, -0.2) is 13.2 Å². The first-order valence-corrected chi connectivity index (χ1v) is 12.4. The Morgan fingerprint density at radius 2 is 1.97 bits per heavy atom. The number of anilines is 1. The van der Waals surface area contributed by atoms with Gasteiger partial charge in [-0.1, -0.05) is 43.0 Å². The average molecular weight is 486 g/mol. The number of carbonyl (C=O) groups excluding carboxylic acids is 1. The van der Waals surface area contributed by atoms with Gasteiger partial charge in [0.2, 0.25) is 15.9 Å². The summed E-state index contributed by atoms with van der Waals surface area (Å²) in [5.74, 6) is -0.176. The smallest absolute Gasteiger partial charge is 0.412 e. The number of hydrogen-bond donors (Lipinski definition) is 2. The van der Waals surface area contributed by atoms with Gasteiger partial charge >= 0.3 is 6.09 Å². The third-order valence-corrected chi connectivity index (χ3v) is 8.05. The van der Waals surface area contributed by atoms with Crippen LogP contribution in [0.4, 0.5) is 10.5 Å². The summed E-state index contributed by atoms with van der Waals surface area (Å²) in [6.07, 6.45) is 0.447. The number of hydrogen-bond acceptors (Lipinski definition) is 5. The number of ether oxygens (including phenoxy) is 1. The number of nitrogens with one attached hydrogen (secondary N) is 1. The molecule has 34 heavy (non-hydrogen) atoms. The van der Waals surface area contributed by atoms with E-state index in [0.29, 0.717) is 19.4 Å². The number of amides is 2. The van der Waals surface area contributed by atoms with Crippen LogP contribution in [-0.2, 0) is 26.1 Å². The monoisotopic (exact) mass is 485 g/mol. The molecule has 2 aromatic rings. The highest BCUT2D eigenvalue weighted by Gasteiger charge is 2.42. The summed E-state index contributed by atoms with van der Waals surface area (Å²) >= 11 is 0. The van der Waals surface area contributed by atoms with Crippen LogP contribution in [0.1, 0.15) is 18.4 Å². The molecule has 2 fully saturated rings. The van der Waals surface area contributed by atoms with Crippen molar-refractivity contribution in [1.29, 1.82) is 0 Å². The molecule has 0 aliphatic carbocycles. The highest BCUT2D eigenvalue weighted by atomic mass is 32.2. The summed E-state index contributed by atoms with van der Waals surface area (Å²) in [6, 6.07) is 15.1. The van der Waals surface area contributed by atoms with E-state index in [-0.39, 0.29) is 41.6 Å². The van der Waals surface area contributed by atoms with Crippen LogP contribution in [-0.4, -0.2) is 55.3 Å². The standard InChI is InChI=1S/C24H27N3O6S/c1-2-22(28)25-23-13-18-11-12-26(16-21(18)33-23)34(31,32)20-10-6-9-19(14-20)27(24(29)30)15-17-7-4-3-5-8-17/h2-10,14,18,21,23H,1,11-13,15-16H2,(H,25,28)(H,29,30). The molecule has 10 heteroatoms. The van der Waals surface area contributed by atoms with E-state index in [1.807, 2.05) is 30.3 Å². The summed E-state index contributed by atoms with van der Waals surface area (Å²) in [4.78, 5) is 24.6. The average Bonchev–Trinajstić information content (AvgIpc) is 3.24. The molecule has 0 spiro atoms. The highest BCUT2D eigenvalue weighted by Crippen LogP contribution is 2.35. The SMILES string of the molecule is C=CC(=O)NC1CC2CCN(S(=O)(=O)c3cccc(N(Cc4ccccc4)C(=O)O)c3)CC2O1. The number of fused-ring (bicyclic) bond motifs is 1. The first-order valence-electron chi connectivity index (χ1n) is 11.0. The van der Waals surface area contributed by atoms with Crippen LogP contribution in [0.5, 0.6) is 0 Å². The predicted octanol–water partition coefficient (Wildman–Crippen LogP) is 2.80. The third-order valence-electron chi connectivity index (χ3n) is 6.18. The molecule has 0 radical (unpaired) electrons. The summed E-state index contributed by atoms with van der Waals surface area (Å²) in [5, 5.41) is 12.5. The molecule has 2 aromatic carbocycles. The summed E-state index contributed by atoms with van der Waals surface area (Å²) < 4.78 is 34.1. The number of piperidine rings is 1. The van der Waals surface area contributed by atoms with Crippen LogP contribution in [0.2, 0.25) is 0 Å². The lowest BCUT2D eigenvalue weighted by Crippen LogP contribution is -2.45. The molecule has 2 aliphatic rings. The van der Waals surface area contributed by atoms with Crippen molar-refractivity contribution in [2.45, 2.75) is 36.6 Å². The van der Waals surface area contributed by atoms with Crippen molar-refractivity contribution >= 4 is 27.7 Å². The fraction of sp³-hybridized carbons (Fsp3) is 0.333. The van der Waals surface area contributed by atoms with E-state index < -0.39 is 22.3 Å². The van der Waals surface area contributed by atoms with Crippen molar-refractivity contribution in [3.05, 3.63) is 72.8 Å². The van der Waals surface area contributed by atoms with Crippen molar-refractivity contribution in [2.75, 3.05) is 18.0 Å². The molecule has 2 amide bonds. The zero-order chi connectivity index (χ0) is 24.3. The second-order valence-corrected chi connectivity index (χ2v) is 10.3. The van der Waals surface area contributed by atoms with E-state index in [2.05, 4.69) is 11.9 Å². The molecule has 2 saturated heterocycles. The van der Waals surface area contributed by atoms with E-state index in [1.165, 1.54) is 22.5 Å². The molecule has 2 heterocycles. The van der Waals surface area contributed by atoms with Crippen LogP contribution in [0.3, 0.4) is 0 Å². The number of nitrogens with zero attached hydrogens (tertiary/aromatic N) is 2. The maximum atomic E-state index is 13.4.